The van der Waals surface area contributed by atoms with Crippen LogP contribution in [0.25, 0.3) is 0 Å². The average Bonchev–Trinajstić information content (AvgIpc) is 2.94. The third-order valence-corrected chi connectivity index (χ3v) is 3.67. The summed E-state index contributed by atoms with van der Waals surface area (Å²) in [6, 6.07) is 5.67. The molecule has 2 aromatic heterocycles. The number of nitrogen functional groups attached to an aromatic ring is 1. The minimum Gasteiger partial charge on any atom is -0.462 e. The van der Waals surface area contributed by atoms with Gasteiger partial charge in [-0.05, 0) is 30.9 Å². The molecule has 2 rings (SSSR count). The fourth-order valence-electron chi connectivity index (χ4n) is 1.76. The maximum Gasteiger partial charge on any atom is 0.340 e. The maximum atomic E-state index is 11.7. The Morgan fingerprint density at radius 3 is 3.05 bits per heavy atom. The second-order valence-corrected chi connectivity index (χ2v) is 5.13. The van der Waals surface area contributed by atoms with Crippen LogP contribution in [-0.4, -0.2) is 24.1 Å². The highest BCUT2D eigenvalue weighted by Gasteiger charge is 2.14. The van der Waals surface area contributed by atoms with Gasteiger partial charge in [-0.3, -0.25) is 0 Å². The van der Waals surface area contributed by atoms with Crippen molar-refractivity contribution in [3.63, 3.8) is 0 Å². The van der Waals surface area contributed by atoms with Gasteiger partial charge in [-0.15, -0.1) is 11.3 Å². The quantitative estimate of drug-likeness (QED) is 0.800. The molecule has 0 fully saturated rings. The molecule has 20 heavy (non-hydrogen) atoms. The van der Waals surface area contributed by atoms with Crippen molar-refractivity contribution >= 4 is 28.8 Å². The lowest BCUT2D eigenvalue weighted by molar-refractivity contribution is 0.0527. The maximum absolute atomic E-state index is 11.7. The first-order chi connectivity index (χ1) is 9.72. The highest BCUT2D eigenvalue weighted by Crippen LogP contribution is 2.21. The zero-order valence-electron chi connectivity index (χ0n) is 11.3. The molecule has 0 bridgehead atoms. The Bertz CT molecular complexity index is 570. The van der Waals surface area contributed by atoms with E-state index in [1.807, 2.05) is 11.4 Å². The van der Waals surface area contributed by atoms with Crippen LogP contribution < -0.4 is 11.1 Å². The van der Waals surface area contributed by atoms with Gasteiger partial charge in [0.05, 0.1) is 17.9 Å². The van der Waals surface area contributed by atoms with E-state index in [1.165, 1.54) is 4.88 Å². The molecule has 0 spiro atoms. The summed E-state index contributed by atoms with van der Waals surface area (Å²) in [7, 11) is 0. The summed E-state index contributed by atoms with van der Waals surface area (Å²) in [5.41, 5.74) is 6.63. The number of thiophene rings is 1. The molecule has 0 amide bonds. The molecule has 0 saturated carbocycles. The SMILES string of the molecule is CCOC(=O)c1ccnc(NCCc2cccs2)c1N. The van der Waals surface area contributed by atoms with Crippen LogP contribution >= 0.6 is 11.3 Å². The lowest BCUT2D eigenvalue weighted by Gasteiger charge is -2.10. The van der Waals surface area contributed by atoms with Gasteiger partial charge in [0.1, 0.15) is 5.82 Å². The van der Waals surface area contributed by atoms with Gasteiger partial charge in [-0.25, -0.2) is 9.78 Å². The highest BCUT2D eigenvalue weighted by molar-refractivity contribution is 7.09. The molecule has 0 aliphatic heterocycles. The van der Waals surface area contributed by atoms with Crippen molar-refractivity contribution in [3.8, 4) is 0 Å². The number of nitrogens with two attached hydrogens (primary N) is 1. The van der Waals surface area contributed by atoms with Crippen molar-refractivity contribution in [1.29, 1.82) is 0 Å². The third-order valence-electron chi connectivity index (χ3n) is 2.73. The van der Waals surface area contributed by atoms with Crippen molar-refractivity contribution in [2.75, 3.05) is 24.2 Å². The van der Waals surface area contributed by atoms with E-state index in [0.29, 0.717) is 30.2 Å². The number of anilines is 2. The summed E-state index contributed by atoms with van der Waals surface area (Å²) in [4.78, 5) is 17.2. The van der Waals surface area contributed by atoms with E-state index in [9.17, 15) is 4.79 Å². The van der Waals surface area contributed by atoms with Gasteiger partial charge in [0, 0.05) is 17.6 Å². The molecule has 0 unspecified atom stereocenters. The molecule has 6 heteroatoms. The number of aromatic nitrogens is 1. The lowest BCUT2D eigenvalue weighted by atomic mass is 10.2. The molecule has 106 valence electrons. The Hall–Kier alpha value is -2.08. The van der Waals surface area contributed by atoms with Gasteiger partial charge < -0.3 is 15.8 Å². The van der Waals surface area contributed by atoms with E-state index >= 15 is 0 Å². The zero-order valence-corrected chi connectivity index (χ0v) is 12.1. The first-order valence-electron chi connectivity index (χ1n) is 6.40. The molecule has 0 aliphatic rings. The normalized spacial score (nSPS) is 10.2. The zero-order chi connectivity index (χ0) is 14.4. The van der Waals surface area contributed by atoms with E-state index < -0.39 is 5.97 Å². The number of nitrogens with zero attached hydrogens (tertiary/aromatic N) is 1. The van der Waals surface area contributed by atoms with Crippen LogP contribution in [-0.2, 0) is 11.2 Å². The van der Waals surface area contributed by atoms with E-state index in [4.69, 9.17) is 10.5 Å². The first-order valence-corrected chi connectivity index (χ1v) is 7.28. The minimum absolute atomic E-state index is 0.321. The number of hydrogen-bond acceptors (Lipinski definition) is 6. The highest BCUT2D eigenvalue weighted by atomic mass is 32.1. The third kappa shape index (κ3) is 3.48. The minimum atomic E-state index is -0.422. The molecule has 5 nitrogen and oxygen atoms in total. The average molecular weight is 291 g/mol. The van der Waals surface area contributed by atoms with Gasteiger partial charge in [0.25, 0.3) is 0 Å². The number of carbonyl (C=O) groups excluding carboxylic acids is 1. The fourth-order valence-corrected chi connectivity index (χ4v) is 2.47. The van der Waals surface area contributed by atoms with Crippen molar-refractivity contribution in [1.82, 2.24) is 4.98 Å². The van der Waals surface area contributed by atoms with E-state index in [2.05, 4.69) is 16.4 Å². The lowest BCUT2D eigenvalue weighted by Crippen LogP contribution is -2.13. The summed E-state index contributed by atoms with van der Waals surface area (Å²) in [5.74, 6) is 0.0980. The largest absolute Gasteiger partial charge is 0.462 e. The summed E-state index contributed by atoms with van der Waals surface area (Å²) in [6.07, 6.45) is 2.44. The van der Waals surface area contributed by atoms with Crippen LogP contribution in [0.3, 0.4) is 0 Å². The second-order valence-electron chi connectivity index (χ2n) is 4.10. The number of rotatable bonds is 6. The van der Waals surface area contributed by atoms with Gasteiger partial charge in [-0.2, -0.15) is 0 Å². The summed E-state index contributed by atoms with van der Waals surface area (Å²) in [5, 5.41) is 5.20. The summed E-state index contributed by atoms with van der Waals surface area (Å²) >= 11 is 1.71. The van der Waals surface area contributed by atoms with Crippen molar-refractivity contribution in [2.24, 2.45) is 0 Å². The van der Waals surface area contributed by atoms with Crippen LogP contribution in [0.1, 0.15) is 22.2 Å². The van der Waals surface area contributed by atoms with Crippen LogP contribution in [0.5, 0.6) is 0 Å². The number of nitrogens with one attached hydrogen (secondary N) is 1. The molecular weight excluding hydrogens is 274 g/mol. The van der Waals surface area contributed by atoms with Crippen LogP contribution in [0.4, 0.5) is 11.5 Å². The van der Waals surface area contributed by atoms with Crippen molar-refractivity contribution < 1.29 is 9.53 Å². The Balaban J connectivity index is 2.01. The Morgan fingerprint density at radius 1 is 1.50 bits per heavy atom. The molecule has 2 heterocycles. The standard InChI is InChI=1S/C14H17N3O2S/c1-2-19-14(18)11-6-8-17-13(12(11)15)16-7-5-10-4-3-9-20-10/h3-4,6,8-9H,2,5,7,15H2,1H3,(H,16,17). The van der Waals surface area contributed by atoms with E-state index in [1.54, 1.807) is 30.5 Å². The molecule has 0 saturated heterocycles. The fraction of sp³-hybridized carbons (Fsp3) is 0.286. The van der Waals surface area contributed by atoms with Gasteiger partial charge in [-0.1, -0.05) is 6.07 Å². The summed E-state index contributed by atoms with van der Waals surface area (Å²) in [6.45, 7) is 2.79. The topological polar surface area (TPSA) is 77.2 Å². The Labute approximate surface area is 121 Å². The van der Waals surface area contributed by atoms with Crippen LogP contribution in [0.15, 0.2) is 29.8 Å². The van der Waals surface area contributed by atoms with Crippen molar-refractivity contribution in [2.45, 2.75) is 13.3 Å². The van der Waals surface area contributed by atoms with E-state index in [0.717, 1.165) is 6.42 Å². The molecule has 3 N–H and O–H groups in total. The molecule has 0 atom stereocenters. The number of ether oxygens (including phenoxy) is 1. The second kappa shape index (κ2) is 6.91. The van der Waals surface area contributed by atoms with Gasteiger partial charge in [0.15, 0.2) is 0 Å². The number of pyridine rings is 1. The molecule has 0 radical (unpaired) electrons. The van der Waals surface area contributed by atoms with Gasteiger partial charge in [0.2, 0.25) is 0 Å². The predicted octanol–water partition coefficient (Wildman–Crippen LogP) is 2.56. The van der Waals surface area contributed by atoms with Crippen molar-refractivity contribution in [3.05, 3.63) is 40.2 Å². The summed E-state index contributed by atoms with van der Waals surface area (Å²) < 4.78 is 4.95. The Morgan fingerprint density at radius 2 is 2.35 bits per heavy atom. The molecular formula is C14H17N3O2S. The number of hydrogen-bond donors (Lipinski definition) is 2. The van der Waals surface area contributed by atoms with Crippen LogP contribution in [0.2, 0.25) is 0 Å². The number of carbonyl (C=O) groups is 1. The van der Waals surface area contributed by atoms with E-state index in [-0.39, 0.29) is 0 Å². The first kappa shape index (κ1) is 14.3. The predicted molar refractivity (Wildman–Crippen MR) is 81.1 cm³/mol. The molecule has 2 aromatic rings. The van der Waals surface area contributed by atoms with Gasteiger partial charge >= 0.3 is 5.97 Å². The smallest absolute Gasteiger partial charge is 0.340 e. The molecule has 0 aliphatic carbocycles. The van der Waals surface area contributed by atoms with Crippen LogP contribution in [0, 0.1) is 0 Å². The Kier molecular flexibility index (Phi) is 4.95. The molecule has 0 aromatic carbocycles. The monoisotopic (exact) mass is 291 g/mol. The number of esters is 1.